The maximum absolute atomic E-state index is 4.61. The third-order valence-corrected chi connectivity index (χ3v) is 4.68. The molecule has 0 aromatic carbocycles. The third kappa shape index (κ3) is 2.22. The van der Waals surface area contributed by atoms with Gasteiger partial charge in [-0.25, -0.2) is 4.98 Å². The van der Waals surface area contributed by atoms with Crippen LogP contribution in [-0.2, 0) is 7.05 Å². The van der Waals surface area contributed by atoms with E-state index in [1.807, 2.05) is 46.8 Å². The standard InChI is InChI=1S/C13H10N6S2/c1-18-6-5-14-13(18)21-11-3-2-10-15-16-12(19(10)17-11)9-4-7-20-8-9/h2-8H,1H3. The molecule has 0 radical (unpaired) electrons. The first kappa shape index (κ1) is 12.5. The average molecular weight is 314 g/mol. The molecule has 0 saturated carbocycles. The van der Waals surface area contributed by atoms with Gasteiger partial charge in [0.25, 0.3) is 0 Å². The molecule has 104 valence electrons. The van der Waals surface area contributed by atoms with Gasteiger partial charge in [-0.1, -0.05) is 0 Å². The Morgan fingerprint density at radius 1 is 1.19 bits per heavy atom. The summed E-state index contributed by atoms with van der Waals surface area (Å²) in [6, 6.07) is 5.86. The van der Waals surface area contributed by atoms with Crippen molar-refractivity contribution >= 4 is 28.7 Å². The van der Waals surface area contributed by atoms with Gasteiger partial charge in [-0.15, -0.1) is 10.2 Å². The molecule has 21 heavy (non-hydrogen) atoms. The normalized spacial score (nSPS) is 11.3. The van der Waals surface area contributed by atoms with Crippen molar-refractivity contribution in [3.8, 4) is 11.4 Å². The summed E-state index contributed by atoms with van der Waals surface area (Å²) in [5, 5.41) is 18.8. The van der Waals surface area contributed by atoms with Crippen LogP contribution >= 0.6 is 23.1 Å². The molecule has 0 aliphatic heterocycles. The fourth-order valence-electron chi connectivity index (χ4n) is 1.94. The van der Waals surface area contributed by atoms with Crippen LogP contribution in [0.25, 0.3) is 17.0 Å². The van der Waals surface area contributed by atoms with Crippen LogP contribution in [0, 0.1) is 0 Å². The van der Waals surface area contributed by atoms with E-state index in [1.54, 1.807) is 22.0 Å². The summed E-state index contributed by atoms with van der Waals surface area (Å²) in [4.78, 5) is 4.30. The van der Waals surface area contributed by atoms with Gasteiger partial charge < -0.3 is 4.57 Å². The highest BCUT2D eigenvalue weighted by molar-refractivity contribution is 7.99. The SMILES string of the molecule is Cn1ccnc1Sc1ccc2nnc(-c3ccsc3)n2n1. The summed E-state index contributed by atoms with van der Waals surface area (Å²) in [5.41, 5.74) is 1.76. The fraction of sp³-hybridized carbons (Fsp3) is 0.0769. The second-order valence-electron chi connectivity index (χ2n) is 4.40. The number of fused-ring (bicyclic) bond motifs is 1. The van der Waals surface area contributed by atoms with E-state index in [-0.39, 0.29) is 0 Å². The average Bonchev–Trinajstić information content (AvgIpc) is 3.20. The van der Waals surface area contributed by atoms with Crippen LogP contribution in [0.1, 0.15) is 0 Å². The quantitative estimate of drug-likeness (QED) is 0.582. The van der Waals surface area contributed by atoms with Crippen LogP contribution < -0.4 is 0 Å². The summed E-state index contributed by atoms with van der Waals surface area (Å²) < 4.78 is 3.73. The van der Waals surface area contributed by atoms with Gasteiger partial charge in [-0.3, -0.25) is 0 Å². The summed E-state index contributed by atoms with van der Waals surface area (Å²) in [7, 11) is 1.96. The molecule has 0 atom stereocenters. The van der Waals surface area contributed by atoms with E-state index in [1.165, 1.54) is 11.8 Å². The van der Waals surface area contributed by atoms with Crippen LogP contribution in [-0.4, -0.2) is 29.4 Å². The van der Waals surface area contributed by atoms with Crippen molar-refractivity contribution in [3.05, 3.63) is 41.4 Å². The molecule has 0 saturated heterocycles. The van der Waals surface area contributed by atoms with Gasteiger partial charge in [-0.2, -0.15) is 21.0 Å². The molecule has 8 heteroatoms. The molecule has 0 fully saturated rings. The molecule has 6 nitrogen and oxygen atoms in total. The first-order chi connectivity index (χ1) is 10.3. The second-order valence-corrected chi connectivity index (χ2v) is 6.17. The predicted molar refractivity (Wildman–Crippen MR) is 81.4 cm³/mol. The van der Waals surface area contributed by atoms with Gasteiger partial charge in [0.15, 0.2) is 16.6 Å². The molecule has 0 N–H and O–H groups in total. The van der Waals surface area contributed by atoms with Gasteiger partial charge in [0, 0.05) is 30.4 Å². The van der Waals surface area contributed by atoms with E-state index in [9.17, 15) is 0 Å². The number of thiophene rings is 1. The number of nitrogens with zero attached hydrogens (tertiary/aromatic N) is 6. The van der Waals surface area contributed by atoms with Crippen molar-refractivity contribution in [2.75, 3.05) is 0 Å². The van der Waals surface area contributed by atoms with E-state index in [4.69, 9.17) is 0 Å². The number of aryl methyl sites for hydroxylation is 1. The van der Waals surface area contributed by atoms with Crippen LogP contribution in [0.3, 0.4) is 0 Å². The number of rotatable bonds is 3. The Morgan fingerprint density at radius 3 is 2.90 bits per heavy atom. The molecular weight excluding hydrogens is 304 g/mol. The maximum atomic E-state index is 4.61. The van der Waals surface area contributed by atoms with Crippen LogP contribution in [0.4, 0.5) is 0 Å². The first-order valence-corrected chi connectivity index (χ1v) is 7.97. The Bertz CT molecular complexity index is 893. The van der Waals surface area contributed by atoms with Gasteiger partial charge in [0.05, 0.1) is 0 Å². The van der Waals surface area contributed by atoms with Gasteiger partial charge in [-0.05, 0) is 35.3 Å². The predicted octanol–water partition coefficient (Wildman–Crippen LogP) is 2.74. The Balaban J connectivity index is 1.78. The lowest BCUT2D eigenvalue weighted by atomic mass is 10.3. The Kier molecular flexibility index (Phi) is 2.97. The number of hydrogen-bond acceptors (Lipinski definition) is 6. The second kappa shape index (κ2) is 4.97. The molecule has 4 aromatic rings. The number of hydrogen-bond donors (Lipinski definition) is 0. The zero-order chi connectivity index (χ0) is 14.2. The molecule has 0 aliphatic carbocycles. The van der Waals surface area contributed by atoms with Crippen LogP contribution in [0.15, 0.2) is 51.5 Å². The van der Waals surface area contributed by atoms with Gasteiger partial charge in [0.2, 0.25) is 0 Å². The Morgan fingerprint density at radius 2 is 2.14 bits per heavy atom. The smallest absolute Gasteiger partial charge is 0.186 e. The molecule has 0 aliphatic rings. The summed E-state index contributed by atoms with van der Waals surface area (Å²) in [5.74, 6) is 0.758. The minimum atomic E-state index is 0.736. The fourth-order valence-corrected chi connectivity index (χ4v) is 3.34. The molecule has 4 rings (SSSR count). The minimum absolute atomic E-state index is 0.736. The Labute approximate surface area is 128 Å². The van der Waals surface area contributed by atoms with Gasteiger partial charge >= 0.3 is 0 Å². The lowest BCUT2D eigenvalue weighted by Gasteiger charge is -2.02. The van der Waals surface area contributed by atoms with Crippen molar-refractivity contribution in [1.82, 2.24) is 29.4 Å². The van der Waals surface area contributed by atoms with E-state index >= 15 is 0 Å². The molecule has 4 aromatic heterocycles. The zero-order valence-electron chi connectivity index (χ0n) is 11.0. The molecule has 4 heterocycles. The molecule has 0 unspecified atom stereocenters. The Hall–Kier alpha value is -2.19. The largest absolute Gasteiger partial charge is 0.329 e. The zero-order valence-corrected chi connectivity index (χ0v) is 12.7. The van der Waals surface area contributed by atoms with Gasteiger partial charge in [0.1, 0.15) is 5.03 Å². The van der Waals surface area contributed by atoms with E-state index in [0.29, 0.717) is 0 Å². The number of aromatic nitrogens is 6. The first-order valence-electron chi connectivity index (χ1n) is 6.21. The highest BCUT2D eigenvalue weighted by Crippen LogP contribution is 2.25. The summed E-state index contributed by atoms with van der Waals surface area (Å²) in [6.45, 7) is 0. The molecule has 0 spiro atoms. The lowest BCUT2D eigenvalue weighted by Crippen LogP contribution is -1.97. The monoisotopic (exact) mass is 314 g/mol. The summed E-state index contributed by atoms with van der Waals surface area (Å²) >= 11 is 3.14. The maximum Gasteiger partial charge on any atom is 0.186 e. The van der Waals surface area contributed by atoms with Crippen molar-refractivity contribution < 1.29 is 0 Å². The minimum Gasteiger partial charge on any atom is -0.329 e. The number of imidazole rings is 1. The van der Waals surface area contributed by atoms with Crippen molar-refractivity contribution in [1.29, 1.82) is 0 Å². The van der Waals surface area contributed by atoms with Crippen LogP contribution in [0.2, 0.25) is 0 Å². The molecule has 0 bridgehead atoms. The summed E-state index contributed by atoms with van der Waals surface area (Å²) in [6.07, 6.45) is 3.69. The van der Waals surface area contributed by atoms with Crippen LogP contribution in [0.5, 0.6) is 0 Å². The van der Waals surface area contributed by atoms with E-state index < -0.39 is 0 Å². The molecular formula is C13H10N6S2. The van der Waals surface area contributed by atoms with E-state index in [0.717, 1.165) is 27.2 Å². The van der Waals surface area contributed by atoms with Crippen molar-refractivity contribution in [2.45, 2.75) is 10.2 Å². The van der Waals surface area contributed by atoms with Crippen molar-refractivity contribution in [2.24, 2.45) is 7.05 Å². The molecule has 0 amide bonds. The topological polar surface area (TPSA) is 60.9 Å². The highest BCUT2D eigenvalue weighted by Gasteiger charge is 2.11. The highest BCUT2D eigenvalue weighted by atomic mass is 32.2. The third-order valence-electron chi connectivity index (χ3n) is 2.99. The lowest BCUT2D eigenvalue weighted by molar-refractivity contribution is 0.783. The van der Waals surface area contributed by atoms with E-state index in [2.05, 4.69) is 20.3 Å². The van der Waals surface area contributed by atoms with Crippen molar-refractivity contribution in [3.63, 3.8) is 0 Å².